The van der Waals surface area contributed by atoms with Crippen molar-refractivity contribution in [3.63, 3.8) is 0 Å². The predicted octanol–water partition coefficient (Wildman–Crippen LogP) is 8.71. The molecule has 1 N–H and O–H groups in total. The summed E-state index contributed by atoms with van der Waals surface area (Å²) in [6, 6.07) is 11.5. The molecule has 11 heteroatoms. The van der Waals surface area contributed by atoms with Crippen LogP contribution in [0.25, 0.3) is 0 Å². The molecule has 1 aliphatic carbocycles. The van der Waals surface area contributed by atoms with Crippen molar-refractivity contribution in [2.45, 2.75) is 95.6 Å². The zero-order chi connectivity index (χ0) is 35.9. The van der Waals surface area contributed by atoms with E-state index in [2.05, 4.69) is 49.1 Å². The van der Waals surface area contributed by atoms with Gasteiger partial charge in [-0.05, 0) is 156 Å². The molecular formula is C40H54Br2N4O5. The Morgan fingerprint density at radius 1 is 0.882 bits per heavy atom. The van der Waals surface area contributed by atoms with E-state index in [1.807, 2.05) is 41.3 Å². The summed E-state index contributed by atoms with van der Waals surface area (Å²) in [5.74, 6) is 3.00. The number of benzene rings is 2. The van der Waals surface area contributed by atoms with Gasteiger partial charge in [-0.2, -0.15) is 0 Å². The van der Waals surface area contributed by atoms with Gasteiger partial charge in [0.05, 0.1) is 7.11 Å². The van der Waals surface area contributed by atoms with Crippen LogP contribution in [0.3, 0.4) is 0 Å². The van der Waals surface area contributed by atoms with Crippen molar-refractivity contribution in [1.29, 1.82) is 0 Å². The van der Waals surface area contributed by atoms with Crippen LogP contribution < -0.4 is 10.1 Å². The van der Waals surface area contributed by atoms with Crippen molar-refractivity contribution in [3.8, 4) is 5.75 Å². The minimum absolute atomic E-state index is 0.00539. The summed E-state index contributed by atoms with van der Waals surface area (Å²) >= 11 is 7.13. The summed E-state index contributed by atoms with van der Waals surface area (Å²) < 4.78 is 13.3. The summed E-state index contributed by atoms with van der Waals surface area (Å²) in [7, 11) is 3.87. The van der Waals surface area contributed by atoms with Gasteiger partial charge in [-0.25, -0.2) is 9.59 Å². The molecule has 3 fully saturated rings. The van der Waals surface area contributed by atoms with Crippen LogP contribution >= 0.6 is 31.9 Å². The molecule has 2 aromatic carbocycles. The Hall–Kier alpha value is -2.63. The summed E-state index contributed by atoms with van der Waals surface area (Å²) in [6.07, 6.45) is 11.2. The molecule has 2 saturated heterocycles. The number of piperidine rings is 2. The molecule has 3 heterocycles. The highest BCUT2D eigenvalue weighted by molar-refractivity contribution is 9.13. The van der Waals surface area contributed by atoms with Crippen LogP contribution in [0.4, 0.5) is 15.3 Å². The molecule has 2 aromatic rings. The summed E-state index contributed by atoms with van der Waals surface area (Å²) in [6.45, 7) is 3.97. The molecule has 1 saturated carbocycles. The number of fused-ring (bicyclic) bond motifs is 1. The van der Waals surface area contributed by atoms with Gasteiger partial charge in [0.15, 0.2) is 11.9 Å². The minimum Gasteiger partial charge on any atom is -0.497 e. The smallest absolute Gasteiger partial charge is 0.410 e. The van der Waals surface area contributed by atoms with E-state index < -0.39 is 12.2 Å². The molecule has 3 aliphatic heterocycles. The van der Waals surface area contributed by atoms with E-state index in [4.69, 9.17) is 9.47 Å². The third kappa shape index (κ3) is 10.1. The predicted molar refractivity (Wildman–Crippen MR) is 207 cm³/mol. The number of methoxy groups -OCH3 is 1. The van der Waals surface area contributed by atoms with E-state index in [1.54, 1.807) is 12.0 Å². The quantitative estimate of drug-likeness (QED) is 0.241. The first kappa shape index (κ1) is 38.1. The maximum Gasteiger partial charge on any atom is 0.410 e. The molecule has 51 heavy (non-hydrogen) atoms. The number of carbonyl (C=O) groups excluding carboxylic acids is 3. The van der Waals surface area contributed by atoms with Crippen LogP contribution in [0.5, 0.6) is 5.75 Å². The van der Waals surface area contributed by atoms with Gasteiger partial charge in [0.25, 0.3) is 0 Å². The number of likely N-dealkylation sites (tertiary alicyclic amines) is 2. The highest BCUT2D eigenvalue weighted by Gasteiger charge is 2.34. The van der Waals surface area contributed by atoms with Gasteiger partial charge in [-0.15, -0.1) is 0 Å². The van der Waals surface area contributed by atoms with Crippen molar-refractivity contribution in [1.82, 2.24) is 14.7 Å². The minimum atomic E-state index is -0.840. The number of nitrogens with one attached hydrogen (secondary N) is 1. The number of anilines is 1. The lowest BCUT2D eigenvalue weighted by molar-refractivity contribution is -0.128. The average Bonchev–Trinajstić information content (AvgIpc) is 3.47. The Kier molecular flexibility index (Phi) is 13.4. The summed E-state index contributed by atoms with van der Waals surface area (Å²) in [5.41, 5.74) is 2.81. The summed E-state index contributed by atoms with van der Waals surface area (Å²) in [5, 5.41) is 3.06. The third-order valence-corrected chi connectivity index (χ3v) is 13.8. The Balaban J connectivity index is 1.03. The molecule has 2 unspecified atom stereocenters. The van der Waals surface area contributed by atoms with Gasteiger partial charge in [-0.1, -0.05) is 31.7 Å². The number of Topliss-reactive ketones (excluding diaryl/α,β-unsaturated/α-hetero) is 1. The zero-order valence-corrected chi connectivity index (χ0v) is 33.4. The molecule has 3 atom stereocenters. The normalized spacial score (nSPS) is 23.1. The van der Waals surface area contributed by atoms with E-state index in [9.17, 15) is 14.4 Å². The SMILES string of the molecule is COc1ccc2c(c1)CCN(C1CCN(C(=O)O[C@H](Cc3ccc(Br)c(Br)c3)C(=O)CCC3CCCC(C4CCN(C)CC4)CC3)CC1)C(=O)N2. The Labute approximate surface area is 320 Å². The second kappa shape index (κ2) is 17.9. The van der Waals surface area contributed by atoms with Crippen LogP contribution in [-0.4, -0.2) is 91.6 Å². The van der Waals surface area contributed by atoms with Crippen LogP contribution in [0, 0.1) is 17.8 Å². The fourth-order valence-electron chi connectivity index (χ4n) is 8.74. The van der Waals surface area contributed by atoms with Crippen molar-refractivity contribution >= 4 is 55.5 Å². The third-order valence-electron chi connectivity index (χ3n) is 12.0. The zero-order valence-electron chi connectivity index (χ0n) is 30.2. The lowest BCUT2D eigenvalue weighted by atomic mass is 9.80. The monoisotopic (exact) mass is 828 g/mol. The van der Waals surface area contributed by atoms with Crippen molar-refractivity contribution in [2.75, 3.05) is 52.2 Å². The molecule has 9 nitrogen and oxygen atoms in total. The fourth-order valence-corrected chi connectivity index (χ4v) is 9.41. The summed E-state index contributed by atoms with van der Waals surface area (Å²) in [4.78, 5) is 46.8. The van der Waals surface area contributed by atoms with E-state index in [0.717, 1.165) is 56.2 Å². The van der Waals surface area contributed by atoms with Crippen LogP contribution in [0.1, 0.15) is 81.8 Å². The molecule has 3 amide bonds. The van der Waals surface area contributed by atoms with Gasteiger partial charge < -0.3 is 29.5 Å². The van der Waals surface area contributed by atoms with E-state index in [0.29, 0.717) is 51.2 Å². The number of hydrogen-bond donors (Lipinski definition) is 1. The van der Waals surface area contributed by atoms with Crippen molar-refractivity contribution < 1.29 is 23.9 Å². The Bertz CT molecular complexity index is 1520. The molecule has 0 radical (unpaired) electrons. The molecule has 4 aliphatic rings. The molecule has 0 spiro atoms. The van der Waals surface area contributed by atoms with E-state index in [-0.39, 0.29) is 17.9 Å². The number of rotatable bonds is 10. The highest BCUT2D eigenvalue weighted by Crippen LogP contribution is 2.38. The molecule has 278 valence electrons. The lowest BCUT2D eigenvalue weighted by Gasteiger charge is -2.37. The molecule has 0 aromatic heterocycles. The van der Waals surface area contributed by atoms with Gasteiger partial charge in [0, 0.05) is 53.2 Å². The number of ketones is 1. The molecule has 6 rings (SSSR count). The first-order valence-corrected chi connectivity index (χ1v) is 20.6. The van der Waals surface area contributed by atoms with Gasteiger partial charge in [0.2, 0.25) is 0 Å². The van der Waals surface area contributed by atoms with Crippen molar-refractivity contribution in [3.05, 3.63) is 56.5 Å². The van der Waals surface area contributed by atoms with E-state index >= 15 is 0 Å². The first-order chi connectivity index (χ1) is 24.7. The standard InChI is InChI=1S/C40H54Br2N4O5/c1-44-19-14-30(15-20-44)29-5-3-4-27(6-9-29)8-13-37(47)38(25-28-7-11-34(41)35(42)24-28)51-40(49)45-21-17-32(18-22-45)46-23-16-31-26-33(50-2)10-12-36(31)43-39(46)48/h7,10-12,24,26-27,29-30,32,38H,3-6,8-9,13-23,25H2,1-2H3,(H,43,48)/t27?,29?,38-/m1/s1. The molecule has 0 bridgehead atoms. The molecular weight excluding hydrogens is 776 g/mol. The maximum atomic E-state index is 13.9. The van der Waals surface area contributed by atoms with Crippen LogP contribution in [0.2, 0.25) is 0 Å². The number of carbonyl (C=O) groups is 3. The topological polar surface area (TPSA) is 91.4 Å². The Morgan fingerprint density at radius 3 is 2.39 bits per heavy atom. The number of urea groups is 1. The number of ether oxygens (including phenoxy) is 2. The highest BCUT2D eigenvalue weighted by atomic mass is 79.9. The van der Waals surface area contributed by atoms with Gasteiger partial charge >= 0.3 is 12.1 Å². The number of nitrogens with zero attached hydrogens (tertiary/aromatic N) is 3. The van der Waals surface area contributed by atoms with Gasteiger partial charge in [-0.3, -0.25) is 4.79 Å². The van der Waals surface area contributed by atoms with E-state index in [1.165, 1.54) is 58.0 Å². The number of hydrogen-bond acceptors (Lipinski definition) is 6. The second-order valence-corrected chi connectivity index (χ2v) is 16.9. The fraction of sp³-hybridized carbons (Fsp3) is 0.625. The lowest BCUT2D eigenvalue weighted by Crippen LogP contribution is -2.50. The first-order valence-electron chi connectivity index (χ1n) is 19.0. The van der Waals surface area contributed by atoms with Crippen molar-refractivity contribution in [2.24, 2.45) is 17.8 Å². The van der Waals surface area contributed by atoms with Crippen LogP contribution in [0.15, 0.2) is 45.3 Å². The second-order valence-electron chi connectivity index (χ2n) is 15.2. The number of halogens is 2. The average molecular weight is 831 g/mol. The Morgan fingerprint density at radius 2 is 1.65 bits per heavy atom. The van der Waals surface area contributed by atoms with Crippen LogP contribution in [-0.2, 0) is 22.4 Å². The maximum absolute atomic E-state index is 13.9. The van der Waals surface area contributed by atoms with Gasteiger partial charge in [0.1, 0.15) is 5.75 Å². The largest absolute Gasteiger partial charge is 0.497 e. The number of amides is 3.